The van der Waals surface area contributed by atoms with Crippen LogP contribution in [0.25, 0.3) is 0 Å². The van der Waals surface area contributed by atoms with Crippen LogP contribution in [0.2, 0.25) is 0 Å². The molecule has 0 aromatic heterocycles. The van der Waals surface area contributed by atoms with Crippen molar-refractivity contribution in [2.45, 2.75) is 0 Å². The van der Waals surface area contributed by atoms with Crippen LogP contribution in [-0.2, 0) is 4.74 Å². The molecule has 0 spiro atoms. The maximum atomic E-state index is 10.7. The summed E-state index contributed by atoms with van der Waals surface area (Å²) in [5, 5.41) is 18.3. The van der Waals surface area contributed by atoms with Crippen molar-refractivity contribution in [1.29, 1.82) is 0 Å². The highest BCUT2D eigenvalue weighted by molar-refractivity contribution is 5.91. The molecule has 1 fully saturated rings. The summed E-state index contributed by atoms with van der Waals surface area (Å²) < 4.78 is 5.22. The van der Waals surface area contributed by atoms with Crippen molar-refractivity contribution < 1.29 is 19.7 Å². The number of nitrogens with zero attached hydrogens (tertiary/aromatic N) is 1. The van der Waals surface area contributed by atoms with E-state index in [1.54, 1.807) is 6.07 Å². The number of carboxylic acid groups (broad SMARTS) is 1. The molecule has 1 aromatic rings. The zero-order valence-corrected chi connectivity index (χ0v) is 8.72. The molecular formula is C11H13NO4. The number of carbonyl (C=O) groups is 1. The number of morpholine rings is 1. The van der Waals surface area contributed by atoms with Crippen LogP contribution >= 0.6 is 0 Å². The molecule has 1 aliphatic heterocycles. The molecule has 2 N–H and O–H groups in total. The number of hydrogen-bond donors (Lipinski definition) is 2. The summed E-state index contributed by atoms with van der Waals surface area (Å²) in [4.78, 5) is 12.8. The minimum atomic E-state index is -1.12. The van der Waals surface area contributed by atoms with Crippen LogP contribution in [0, 0.1) is 0 Å². The van der Waals surface area contributed by atoms with Gasteiger partial charge in [0.15, 0.2) is 0 Å². The lowest BCUT2D eigenvalue weighted by Crippen LogP contribution is -2.36. The van der Waals surface area contributed by atoms with E-state index in [0.717, 1.165) is 18.8 Å². The molecule has 0 aliphatic carbocycles. The Morgan fingerprint density at radius 1 is 1.31 bits per heavy atom. The van der Waals surface area contributed by atoms with Crippen LogP contribution in [0.5, 0.6) is 5.75 Å². The summed E-state index contributed by atoms with van der Waals surface area (Å²) in [7, 11) is 0. The molecule has 1 heterocycles. The first-order valence-corrected chi connectivity index (χ1v) is 5.07. The van der Waals surface area contributed by atoms with Crippen LogP contribution in [0.15, 0.2) is 18.2 Å². The highest BCUT2D eigenvalue weighted by Crippen LogP contribution is 2.25. The fourth-order valence-corrected chi connectivity index (χ4v) is 1.72. The molecule has 86 valence electrons. The van der Waals surface area contributed by atoms with Crippen molar-refractivity contribution in [3.05, 3.63) is 23.8 Å². The third-order valence-corrected chi connectivity index (χ3v) is 2.59. The summed E-state index contributed by atoms with van der Waals surface area (Å²) in [6.45, 7) is 2.82. The Labute approximate surface area is 92.9 Å². The smallest absolute Gasteiger partial charge is 0.339 e. The Morgan fingerprint density at radius 2 is 2.00 bits per heavy atom. The number of hydrogen-bond acceptors (Lipinski definition) is 4. The lowest BCUT2D eigenvalue weighted by atomic mass is 10.1. The highest BCUT2D eigenvalue weighted by Gasteiger charge is 2.15. The van der Waals surface area contributed by atoms with E-state index in [-0.39, 0.29) is 11.3 Å². The van der Waals surface area contributed by atoms with Gasteiger partial charge in [0.05, 0.1) is 13.2 Å². The van der Waals surface area contributed by atoms with Crippen molar-refractivity contribution in [2.24, 2.45) is 0 Å². The molecule has 16 heavy (non-hydrogen) atoms. The van der Waals surface area contributed by atoms with Gasteiger partial charge in [0.2, 0.25) is 0 Å². The maximum absolute atomic E-state index is 10.7. The number of anilines is 1. The van der Waals surface area contributed by atoms with Crippen molar-refractivity contribution >= 4 is 11.7 Å². The van der Waals surface area contributed by atoms with Crippen molar-refractivity contribution in [3.8, 4) is 5.75 Å². The van der Waals surface area contributed by atoms with Gasteiger partial charge >= 0.3 is 5.97 Å². The first-order valence-electron chi connectivity index (χ1n) is 5.07. The zero-order valence-electron chi connectivity index (χ0n) is 8.72. The largest absolute Gasteiger partial charge is 0.507 e. The second kappa shape index (κ2) is 4.40. The third-order valence-electron chi connectivity index (χ3n) is 2.59. The fraction of sp³-hybridized carbons (Fsp3) is 0.364. The number of aromatic carboxylic acids is 1. The number of ether oxygens (including phenoxy) is 1. The summed E-state index contributed by atoms with van der Waals surface area (Å²) in [5.41, 5.74) is 0.753. The van der Waals surface area contributed by atoms with Gasteiger partial charge in [-0.1, -0.05) is 0 Å². The Hall–Kier alpha value is -1.75. The second-order valence-corrected chi connectivity index (χ2v) is 3.61. The molecule has 0 bridgehead atoms. The highest BCUT2D eigenvalue weighted by atomic mass is 16.5. The molecule has 0 amide bonds. The van der Waals surface area contributed by atoms with Crippen molar-refractivity contribution in [3.63, 3.8) is 0 Å². The molecule has 2 rings (SSSR count). The lowest BCUT2D eigenvalue weighted by molar-refractivity contribution is 0.0693. The Morgan fingerprint density at radius 3 is 2.56 bits per heavy atom. The molecule has 5 nitrogen and oxygen atoms in total. The molecule has 0 unspecified atom stereocenters. The van der Waals surface area contributed by atoms with E-state index in [0.29, 0.717) is 13.2 Å². The van der Waals surface area contributed by atoms with Gasteiger partial charge in [-0.15, -0.1) is 0 Å². The Bertz CT molecular complexity index is 399. The molecule has 1 aromatic carbocycles. The van der Waals surface area contributed by atoms with Gasteiger partial charge in [0, 0.05) is 24.8 Å². The number of rotatable bonds is 2. The van der Waals surface area contributed by atoms with E-state index in [4.69, 9.17) is 9.84 Å². The minimum Gasteiger partial charge on any atom is -0.507 e. The van der Waals surface area contributed by atoms with E-state index in [9.17, 15) is 9.90 Å². The SMILES string of the molecule is O=C(O)c1ccc(N2CCOCC2)cc1O. The second-order valence-electron chi connectivity index (χ2n) is 3.61. The summed E-state index contributed by atoms with van der Waals surface area (Å²) in [5.74, 6) is -1.32. The van der Waals surface area contributed by atoms with Crippen LogP contribution in [0.1, 0.15) is 10.4 Å². The average molecular weight is 223 g/mol. The van der Waals surface area contributed by atoms with Gasteiger partial charge in [-0.25, -0.2) is 4.79 Å². The number of benzene rings is 1. The van der Waals surface area contributed by atoms with Gasteiger partial charge in [-0.3, -0.25) is 0 Å². The number of aromatic hydroxyl groups is 1. The standard InChI is InChI=1S/C11H13NO4/c13-10-7-8(1-2-9(10)11(14)15)12-3-5-16-6-4-12/h1-2,7,13H,3-6H2,(H,14,15). The van der Waals surface area contributed by atoms with E-state index >= 15 is 0 Å². The molecule has 1 saturated heterocycles. The maximum Gasteiger partial charge on any atom is 0.339 e. The van der Waals surface area contributed by atoms with Crippen LogP contribution in [-0.4, -0.2) is 42.5 Å². The first kappa shape index (κ1) is 10.8. The van der Waals surface area contributed by atoms with E-state index in [1.165, 1.54) is 12.1 Å². The van der Waals surface area contributed by atoms with Gasteiger partial charge in [-0.05, 0) is 12.1 Å². The predicted molar refractivity (Wildman–Crippen MR) is 58.1 cm³/mol. The van der Waals surface area contributed by atoms with Gasteiger partial charge in [-0.2, -0.15) is 0 Å². The monoisotopic (exact) mass is 223 g/mol. The molecular weight excluding hydrogens is 210 g/mol. The summed E-state index contributed by atoms with van der Waals surface area (Å²) >= 11 is 0. The van der Waals surface area contributed by atoms with E-state index in [2.05, 4.69) is 4.90 Å². The van der Waals surface area contributed by atoms with Gasteiger partial charge in [0.25, 0.3) is 0 Å². The van der Waals surface area contributed by atoms with Gasteiger partial charge in [0.1, 0.15) is 11.3 Å². The Kier molecular flexibility index (Phi) is 2.96. The van der Waals surface area contributed by atoms with E-state index in [1.807, 2.05) is 0 Å². The average Bonchev–Trinajstić information content (AvgIpc) is 2.29. The predicted octanol–water partition coefficient (Wildman–Crippen LogP) is 0.927. The zero-order chi connectivity index (χ0) is 11.5. The van der Waals surface area contributed by atoms with Crippen LogP contribution in [0.4, 0.5) is 5.69 Å². The first-order chi connectivity index (χ1) is 7.68. The number of carboxylic acids is 1. The molecule has 0 atom stereocenters. The Balaban J connectivity index is 2.23. The van der Waals surface area contributed by atoms with E-state index < -0.39 is 5.97 Å². The van der Waals surface area contributed by atoms with Crippen LogP contribution in [0.3, 0.4) is 0 Å². The minimum absolute atomic E-state index is 0.0722. The van der Waals surface area contributed by atoms with Crippen molar-refractivity contribution in [1.82, 2.24) is 0 Å². The fourth-order valence-electron chi connectivity index (χ4n) is 1.72. The third kappa shape index (κ3) is 2.09. The molecule has 5 heteroatoms. The lowest BCUT2D eigenvalue weighted by Gasteiger charge is -2.29. The summed E-state index contributed by atoms with van der Waals surface area (Å²) in [6.07, 6.45) is 0. The van der Waals surface area contributed by atoms with Crippen LogP contribution < -0.4 is 4.90 Å². The number of phenols is 1. The molecule has 1 aliphatic rings. The van der Waals surface area contributed by atoms with Crippen molar-refractivity contribution in [2.75, 3.05) is 31.2 Å². The quantitative estimate of drug-likeness (QED) is 0.780. The van der Waals surface area contributed by atoms with Gasteiger partial charge < -0.3 is 19.8 Å². The normalized spacial score (nSPS) is 16.1. The topological polar surface area (TPSA) is 70.0 Å². The summed E-state index contributed by atoms with van der Waals surface area (Å²) in [6, 6.07) is 4.60. The molecule has 0 saturated carbocycles. The molecule has 0 radical (unpaired) electrons.